The predicted molar refractivity (Wildman–Crippen MR) is 123 cm³/mol. The summed E-state index contributed by atoms with van der Waals surface area (Å²) in [6.07, 6.45) is 4.68. The molecule has 0 aliphatic heterocycles. The number of carbonyl (C=O) groups excluding carboxylic acids is 4. The summed E-state index contributed by atoms with van der Waals surface area (Å²) in [5.74, 6) is 1.12. The highest BCUT2D eigenvalue weighted by Gasteiger charge is 2.30. The molecule has 9 heteroatoms. The van der Waals surface area contributed by atoms with Gasteiger partial charge in [-0.15, -0.1) is 6.42 Å². The normalized spacial score (nSPS) is 11.5. The van der Waals surface area contributed by atoms with Gasteiger partial charge in [-0.1, -0.05) is 18.1 Å². The molecule has 0 fully saturated rings. The molecule has 0 saturated heterocycles. The molecule has 1 aromatic carbocycles. The van der Waals surface area contributed by atoms with E-state index in [1.54, 1.807) is 58.9 Å². The van der Waals surface area contributed by atoms with Gasteiger partial charge in [0.2, 0.25) is 11.8 Å². The first-order chi connectivity index (χ1) is 15.5. The van der Waals surface area contributed by atoms with Crippen LogP contribution in [0.3, 0.4) is 0 Å². The summed E-state index contributed by atoms with van der Waals surface area (Å²) in [7, 11) is 0. The largest absolute Gasteiger partial charge is 0.466 e. The Morgan fingerprint density at radius 3 is 2.24 bits per heavy atom. The molecule has 1 aromatic rings. The number of terminal acetylenes is 1. The van der Waals surface area contributed by atoms with Crippen LogP contribution in [0.1, 0.15) is 58.2 Å². The fraction of sp³-hybridized carbons (Fsp3) is 0.500. The molecule has 1 unspecified atom stereocenters. The minimum Gasteiger partial charge on any atom is -0.466 e. The maximum atomic E-state index is 13.1. The summed E-state index contributed by atoms with van der Waals surface area (Å²) in [6.45, 7) is 8.70. The lowest BCUT2D eigenvalue weighted by Crippen LogP contribution is -2.48. The average molecular weight is 460 g/mol. The number of esters is 1. The van der Waals surface area contributed by atoms with E-state index in [4.69, 9.17) is 15.9 Å². The molecule has 0 aliphatic carbocycles. The van der Waals surface area contributed by atoms with E-state index in [-0.39, 0.29) is 32.7 Å². The molecule has 0 aromatic heterocycles. The second kappa shape index (κ2) is 13.1. The zero-order chi connectivity index (χ0) is 25.0. The molecule has 9 nitrogen and oxygen atoms in total. The number of hydrogen-bond donors (Lipinski definition) is 2. The van der Waals surface area contributed by atoms with Gasteiger partial charge in [-0.2, -0.15) is 0 Å². The van der Waals surface area contributed by atoms with Crippen molar-refractivity contribution in [3.8, 4) is 12.3 Å². The van der Waals surface area contributed by atoms with Gasteiger partial charge in [0, 0.05) is 18.7 Å². The van der Waals surface area contributed by atoms with Crippen molar-refractivity contribution in [3.05, 3.63) is 35.4 Å². The quantitative estimate of drug-likeness (QED) is 0.409. The van der Waals surface area contributed by atoms with Crippen LogP contribution in [0.4, 0.5) is 4.79 Å². The molecule has 1 rings (SSSR count). The second-order valence-corrected chi connectivity index (χ2v) is 8.05. The Kier molecular flexibility index (Phi) is 10.9. The van der Waals surface area contributed by atoms with Crippen molar-refractivity contribution < 1.29 is 28.7 Å². The summed E-state index contributed by atoms with van der Waals surface area (Å²) in [5, 5.41) is 5.10. The van der Waals surface area contributed by atoms with Crippen LogP contribution in [0.5, 0.6) is 0 Å². The molecule has 3 amide bonds. The van der Waals surface area contributed by atoms with Crippen molar-refractivity contribution in [2.24, 2.45) is 0 Å². The molecular weight excluding hydrogens is 426 g/mol. The third kappa shape index (κ3) is 9.64. The van der Waals surface area contributed by atoms with Gasteiger partial charge in [-0.25, -0.2) is 4.79 Å². The number of ether oxygens (including phenoxy) is 2. The summed E-state index contributed by atoms with van der Waals surface area (Å²) >= 11 is 0. The highest BCUT2D eigenvalue weighted by Crippen LogP contribution is 2.22. The molecule has 0 heterocycles. The molecule has 1 atom stereocenters. The standard InChI is InChI=1S/C24H33N3O6/c1-7-17-10-12-18(13-11-17)21(22(30)25-15-14-20(29)32-9-3)27(8-2)19(28)16-26-23(31)33-24(4,5)6/h1,10-13,21H,8-9,14-16H2,2-6H3,(H,25,30)(H,26,31). The number of nitrogens with zero attached hydrogens (tertiary/aromatic N) is 1. The first kappa shape index (κ1) is 27.5. The lowest BCUT2D eigenvalue weighted by atomic mass is 10.0. The highest BCUT2D eigenvalue weighted by atomic mass is 16.6. The molecule has 0 saturated carbocycles. The van der Waals surface area contributed by atoms with Gasteiger partial charge in [-0.3, -0.25) is 14.4 Å². The number of rotatable bonds is 10. The van der Waals surface area contributed by atoms with E-state index in [0.29, 0.717) is 11.1 Å². The minimum atomic E-state index is -0.989. The number of likely N-dealkylation sites (N-methyl/N-ethyl adjacent to an activating group) is 1. The zero-order valence-electron chi connectivity index (χ0n) is 19.9. The van der Waals surface area contributed by atoms with Crippen molar-refractivity contribution in [1.29, 1.82) is 0 Å². The molecule has 33 heavy (non-hydrogen) atoms. The Balaban J connectivity index is 3.02. The number of alkyl carbamates (subject to hydrolysis) is 1. The monoisotopic (exact) mass is 459 g/mol. The Hall–Kier alpha value is -3.54. The van der Waals surface area contributed by atoms with E-state index in [1.807, 2.05) is 0 Å². The van der Waals surface area contributed by atoms with E-state index >= 15 is 0 Å². The van der Waals surface area contributed by atoms with Crippen molar-refractivity contribution in [2.75, 3.05) is 26.2 Å². The number of hydrogen-bond acceptors (Lipinski definition) is 6. The number of carbonyl (C=O) groups is 4. The second-order valence-electron chi connectivity index (χ2n) is 8.05. The Morgan fingerprint density at radius 1 is 1.09 bits per heavy atom. The van der Waals surface area contributed by atoms with Crippen LogP contribution >= 0.6 is 0 Å². The van der Waals surface area contributed by atoms with E-state index in [2.05, 4.69) is 16.6 Å². The Labute approximate surface area is 195 Å². The van der Waals surface area contributed by atoms with E-state index in [1.165, 1.54) is 4.90 Å². The third-order valence-corrected chi connectivity index (χ3v) is 4.33. The van der Waals surface area contributed by atoms with Crippen LogP contribution in [0, 0.1) is 12.3 Å². The summed E-state index contributed by atoms with van der Waals surface area (Å²) in [4.78, 5) is 50.8. The smallest absolute Gasteiger partial charge is 0.408 e. The summed E-state index contributed by atoms with van der Waals surface area (Å²) in [6, 6.07) is 5.69. The molecule has 180 valence electrons. The lowest BCUT2D eigenvalue weighted by Gasteiger charge is -2.30. The van der Waals surface area contributed by atoms with Crippen LogP contribution < -0.4 is 10.6 Å². The van der Waals surface area contributed by atoms with Gasteiger partial charge in [0.1, 0.15) is 18.2 Å². The third-order valence-electron chi connectivity index (χ3n) is 4.33. The van der Waals surface area contributed by atoms with Gasteiger partial charge in [0.25, 0.3) is 0 Å². The van der Waals surface area contributed by atoms with Crippen LogP contribution in [-0.4, -0.2) is 60.6 Å². The average Bonchev–Trinajstić information content (AvgIpc) is 2.74. The maximum absolute atomic E-state index is 13.1. The van der Waals surface area contributed by atoms with Crippen LogP contribution in [-0.2, 0) is 23.9 Å². The topological polar surface area (TPSA) is 114 Å². The van der Waals surface area contributed by atoms with Crippen molar-refractivity contribution >= 4 is 23.9 Å². The molecule has 0 spiro atoms. The van der Waals surface area contributed by atoms with Crippen LogP contribution in [0.2, 0.25) is 0 Å². The SMILES string of the molecule is C#Cc1ccc(C(C(=O)NCCC(=O)OCC)N(CC)C(=O)CNC(=O)OC(C)(C)C)cc1. The van der Waals surface area contributed by atoms with Crippen LogP contribution in [0.15, 0.2) is 24.3 Å². The molecule has 0 aliphatic rings. The molecule has 2 N–H and O–H groups in total. The van der Waals surface area contributed by atoms with Gasteiger partial charge < -0.3 is 25.0 Å². The first-order valence-corrected chi connectivity index (χ1v) is 10.8. The van der Waals surface area contributed by atoms with E-state index in [0.717, 1.165) is 0 Å². The molecule has 0 bridgehead atoms. The van der Waals surface area contributed by atoms with Crippen molar-refractivity contribution in [1.82, 2.24) is 15.5 Å². The highest BCUT2D eigenvalue weighted by molar-refractivity contribution is 5.90. The van der Waals surface area contributed by atoms with Gasteiger partial charge in [0.05, 0.1) is 13.0 Å². The number of nitrogens with one attached hydrogen (secondary N) is 2. The van der Waals surface area contributed by atoms with Crippen molar-refractivity contribution in [2.45, 2.75) is 52.7 Å². The molecule has 0 radical (unpaired) electrons. The van der Waals surface area contributed by atoms with Crippen molar-refractivity contribution in [3.63, 3.8) is 0 Å². The predicted octanol–water partition coefficient (Wildman–Crippen LogP) is 2.15. The first-order valence-electron chi connectivity index (χ1n) is 10.8. The Bertz CT molecular complexity index is 868. The van der Waals surface area contributed by atoms with Gasteiger partial charge in [-0.05, 0) is 52.3 Å². The van der Waals surface area contributed by atoms with Crippen LogP contribution in [0.25, 0.3) is 0 Å². The fourth-order valence-corrected chi connectivity index (χ4v) is 2.92. The maximum Gasteiger partial charge on any atom is 0.408 e. The number of benzene rings is 1. The number of amides is 3. The zero-order valence-corrected chi connectivity index (χ0v) is 19.9. The van der Waals surface area contributed by atoms with Gasteiger partial charge in [0.15, 0.2) is 0 Å². The fourth-order valence-electron chi connectivity index (χ4n) is 2.92. The Morgan fingerprint density at radius 2 is 1.73 bits per heavy atom. The minimum absolute atomic E-state index is 0.00258. The summed E-state index contributed by atoms with van der Waals surface area (Å²) in [5.41, 5.74) is 0.453. The summed E-state index contributed by atoms with van der Waals surface area (Å²) < 4.78 is 10.0. The lowest BCUT2D eigenvalue weighted by molar-refractivity contribution is -0.143. The van der Waals surface area contributed by atoms with E-state index < -0.39 is 35.5 Å². The van der Waals surface area contributed by atoms with E-state index in [9.17, 15) is 19.2 Å². The molecular formula is C24H33N3O6. The van der Waals surface area contributed by atoms with Gasteiger partial charge >= 0.3 is 12.1 Å².